The topological polar surface area (TPSA) is 70.9 Å². The first kappa shape index (κ1) is 17.9. The van der Waals surface area contributed by atoms with Crippen molar-refractivity contribution in [1.82, 2.24) is 5.43 Å². The zero-order chi connectivity index (χ0) is 18.5. The molecule has 2 N–H and O–H groups in total. The second-order valence-corrected chi connectivity index (χ2v) is 6.51. The van der Waals surface area contributed by atoms with Crippen LogP contribution in [-0.2, 0) is 11.2 Å². The number of rotatable bonds is 5. The summed E-state index contributed by atoms with van der Waals surface area (Å²) in [6, 6.07) is 17.1. The molecule has 26 heavy (non-hydrogen) atoms. The summed E-state index contributed by atoms with van der Waals surface area (Å²) in [6.07, 6.45) is 1.59. The number of hydrazone groups is 1. The Bertz CT molecular complexity index is 981. The smallest absolute Gasteiger partial charge is 0.244 e. The number of phenols is 1. The van der Waals surface area contributed by atoms with Crippen molar-refractivity contribution in [3.63, 3.8) is 0 Å². The number of nitrogens with zero attached hydrogens (tertiary/aromatic N) is 1. The molecule has 0 unspecified atom stereocenters. The molecule has 1 amide bonds. The summed E-state index contributed by atoms with van der Waals surface area (Å²) in [7, 11) is 1.53. The highest BCUT2D eigenvalue weighted by Crippen LogP contribution is 2.31. The molecule has 0 heterocycles. The van der Waals surface area contributed by atoms with E-state index < -0.39 is 0 Å². The Hall–Kier alpha value is -2.86. The summed E-state index contributed by atoms with van der Waals surface area (Å²) in [4.78, 5) is 12.2. The van der Waals surface area contributed by atoms with Crippen molar-refractivity contribution in [3.05, 3.63) is 70.2 Å². The first-order valence-corrected chi connectivity index (χ1v) is 8.73. The summed E-state index contributed by atoms with van der Waals surface area (Å²) in [6.45, 7) is 0. The predicted molar refractivity (Wildman–Crippen MR) is 106 cm³/mol. The molecule has 3 rings (SSSR count). The molecule has 0 aliphatic rings. The fraction of sp³-hybridized carbons (Fsp3) is 0.100. The van der Waals surface area contributed by atoms with Crippen LogP contribution in [0.15, 0.2) is 64.2 Å². The minimum atomic E-state index is -0.237. The maximum atomic E-state index is 12.2. The maximum Gasteiger partial charge on any atom is 0.244 e. The number of halogens is 1. The number of hydrogen-bond acceptors (Lipinski definition) is 4. The van der Waals surface area contributed by atoms with Gasteiger partial charge in [-0.15, -0.1) is 0 Å². The van der Waals surface area contributed by atoms with Gasteiger partial charge < -0.3 is 9.84 Å². The SMILES string of the molecule is COc1cc(Br)c(O)c(/C=N\NC(=O)Cc2cccc3ccccc23)c1. The molecular weight excluding hydrogens is 396 g/mol. The summed E-state index contributed by atoms with van der Waals surface area (Å²) in [5, 5.41) is 16.1. The van der Waals surface area contributed by atoms with Gasteiger partial charge >= 0.3 is 0 Å². The maximum absolute atomic E-state index is 12.2. The van der Waals surface area contributed by atoms with Gasteiger partial charge in [0.2, 0.25) is 5.91 Å². The van der Waals surface area contributed by atoms with Crippen LogP contribution >= 0.6 is 15.9 Å². The number of carbonyl (C=O) groups excluding carboxylic acids is 1. The lowest BCUT2D eigenvalue weighted by atomic mass is 10.0. The molecular formula is C20H17BrN2O3. The zero-order valence-electron chi connectivity index (χ0n) is 14.1. The molecule has 0 atom stereocenters. The van der Waals surface area contributed by atoms with Crippen LogP contribution in [0.3, 0.4) is 0 Å². The van der Waals surface area contributed by atoms with E-state index in [4.69, 9.17) is 4.74 Å². The number of nitrogens with one attached hydrogen (secondary N) is 1. The summed E-state index contributed by atoms with van der Waals surface area (Å²) in [5.41, 5.74) is 3.86. The minimum Gasteiger partial charge on any atom is -0.506 e. The van der Waals surface area contributed by atoms with E-state index in [9.17, 15) is 9.90 Å². The van der Waals surface area contributed by atoms with E-state index in [-0.39, 0.29) is 18.1 Å². The minimum absolute atomic E-state index is 0.0258. The van der Waals surface area contributed by atoms with Crippen molar-refractivity contribution in [1.29, 1.82) is 0 Å². The molecule has 0 aliphatic carbocycles. The highest BCUT2D eigenvalue weighted by Gasteiger charge is 2.08. The Balaban J connectivity index is 1.71. The second kappa shape index (κ2) is 8.01. The lowest BCUT2D eigenvalue weighted by Gasteiger charge is -2.07. The Morgan fingerprint density at radius 1 is 1.23 bits per heavy atom. The molecule has 0 bridgehead atoms. The molecule has 6 heteroatoms. The van der Waals surface area contributed by atoms with Crippen molar-refractivity contribution < 1.29 is 14.6 Å². The Morgan fingerprint density at radius 3 is 2.81 bits per heavy atom. The average Bonchev–Trinajstić information content (AvgIpc) is 2.65. The molecule has 0 fully saturated rings. The summed E-state index contributed by atoms with van der Waals surface area (Å²) in [5.74, 6) is 0.357. The molecule has 0 saturated carbocycles. The standard InChI is InChI=1S/C20H17BrN2O3/c1-26-16-9-15(20(25)18(21)11-16)12-22-23-19(24)10-14-7-4-6-13-5-2-3-8-17(13)14/h2-9,11-12,25H,10H2,1H3,(H,23,24)/b22-12-. The number of fused-ring (bicyclic) bond motifs is 1. The van der Waals surface area contributed by atoms with E-state index >= 15 is 0 Å². The lowest BCUT2D eigenvalue weighted by Crippen LogP contribution is -2.19. The fourth-order valence-corrected chi connectivity index (χ4v) is 3.10. The monoisotopic (exact) mass is 412 g/mol. The van der Waals surface area contributed by atoms with E-state index in [1.165, 1.54) is 13.3 Å². The van der Waals surface area contributed by atoms with Crippen molar-refractivity contribution in [2.24, 2.45) is 5.10 Å². The molecule has 0 aromatic heterocycles. The molecule has 5 nitrogen and oxygen atoms in total. The van der Waals surface area contributed by atoms with Gasteiger partial charge in [-0.2, -0.15) is 5.10 Å². The molecule has 0 aliphatic heterocycles. The van der Waals surface area contributed by atoms with Gasteiger partial charge in [0, 0.05) is 5.56 Å². The van der Waals surface area contributed by atoms with Crippen LogP contribution in [0.2, 0.25) is 0 Å². The van der Waals surface area contributed by atoms with Crippen LogP contribution in [0.5, 0.6) is 11.5 Å². The number of phenolic OH excluding ortho intramolecular Hbond substituents is 1. The predicted octanol–water partition coefficient (Wildman–Crippen LogP) is 4.01. The van der Waals surface area contributed by atoms with E-state index in [1.807, 2.05) is 42.5 Å². The van der Waals surface area contributed by atoms with Crippen LogP contribution in [0.4, 0.5) is 0 Å². The van der Waals surface area contributed by atoms with Crippen molar-refractivity contribution in [2.45, 2.75) is 6.42 Å². The van der Waals surface area contributed by atoms with Crippen LogP contribution in [0, 0.1) is 0 Å². The Kier molecular flexibility index (Phi) is 5.53. The van der Waals surface area contributed by atoms with Gasteiger partial charge in [-0.05, 0) is 44.4 Å². The Labute approximate surface area is 159 Å². The van der Waals surface area contributed by atoms with Gasteiger partial charge in [0.1, 0.15) is 11.5 Å². The van der Waals surface area contributed by atoms with Crippen LogP contribution < -0.4 is 10.2 Å². The molecule has 3 aromatic carbocycles. The van der Waals surface area contributed by atoms with E-state index in [2.05, 4.69) is 26.5 Å². The number of amides is 1. The largest absolute Gasteiger partial charge is 0.506 e. The molecule has 0 saturated heterocycles. The molecule has 0 radical (unpaired) electrons. The zero-order valence-corrected chi connectivity index (χ0v) is 15.7. The Morgan fingerprint density at radius 2 is 2.00 bits per heavy atom. The van der Waals surface area contributed by atoms with Crippen LogP contribution in [0.1, 0.15) is 11.1 Å². The third kappa shape index (κ3) is 4.03. The third-order valence-electron chi connectivity index (χ3n) is 3.93. The lowest BCUT2D eigenvalue weighted by molar-refractivity contribution is -0.120. The van der Waals surface area contributed by atoms with Gasteiger partial charge in [0.15, 0.2) is 0 Å². The van der Waals surface area contributed by atoms with Crippen LogP contribution in [-0.4, -0.2) is 24.3 Å². The van der Waals surface area contributed by atoms with Gasteiger partial charge in [-0.1, -0.05) is 42.5 Å². The molecule has 132 valence electrons. The number of ether oxygens (including phenoxy) is 1. The number of carbonyl (C=O) groups is 1. The van der Waals surface area contributed by atoms with Crippen molar-refractivity contribution in [3.8, 4) is 11.5 Å². The highest BCUT2D eigenvalue weighted by molar-refractivity contribution is 9.10. The molecule has 3 aromatic rings. The van der Waals surface area contributed by atoms with Gasteiger partial charge in [-0.3, -0.25) is 4.79 Å². The van der Waals surface area contributed by atoms with Gasteiger partial charge in [-0.25, -0.2) is 5.43 Å². The average molecular weight is 413 g/mol. The third-order valence-corrected chi connectivity index (χ3v) is 4.53. The first-order chi connectivity index (χ1) is 12.6. The highest BCUT2D eigenvalue weighted by atomic mass is 79.9. The quantitative estimate of drug-likeness (QED) is 0.491. The number of aromatic hydroxyl groups is 1. The summed E-state index contributed by atoms with van der Waals surface area (Å²) >= 11 is 3.25. The number of methoxy groups -OCH3 is 1. The fourth-order valence-electron chi connectivity index (χ4n) is 2.64. The van der Waals surface area contributed by atoms with Crippen LogP contribution in [0.25, 0.3) is 10.8 Å². The summed E-state index contributed by atoms with van der Waals surface area (Å²) < 4.78 is 5.63. The van der Waals surface area contributed by atoms with E-state index in [0.29, 0.717) is 15.8 Å². The van der Waals surface area contributed by atoms with Crippen molar-refractivity contribution in [2.75, 3.05) is 7.11 Å². The van der Waals surface area contributed by atoms with Gasteiger partial charge in [0.25, 0.3) is 0 Å². The van der Waals surface area contributed by atoms with Crippen molar-refractivity contribution >= 4 is 38.8 Å². The first-order valence-electron chi connectivity index (χ1n) is 7.93. The van der Waals surface area contributed by atoms with E-state index in [1.54, 1.807) is 12.1 Å². The second-order valence-electron chi connectivity index (χ2n) is 5.66. The number of hydrogen-bond donors (Lipinski definition) is 2. The van der Waals surface area contributed by atoms with E-state index in [0.717, 1.165) is 16.3 Å². The normalized spacial score (nSPS) is 11.0. The number of benzene rings is 3. The molecule has 0 spiro atoms. The van der Waals surface area contributed by atoms with Gasteiger partial charge in [0.05, 0.1) is 24.2 Å².